The molecule has 2 atom stereocenters. The van der Waals surface area contributed by atoms with Crippen molar-refractivity contribution in [1.82, 2.24) is 10.8 Å². The minimum Gasteiger partial charge on any atom is -0.468 e. The summed E-state index contributed by atoms with van der Waals surface area (Å²) < 4.78 is 10.8. The summed E-state index contributed by atoms with van der Waals surface area (Å²) in [7, 11) is -0.411. The highest BCUT2D eigenvalue weighted by molar-refractivity contribution is 6.74. The number of methoxy groups -OCH3 is 1. The van der Waals surface area contributed by atoms with Crippen LogP contribution in [-0.4, -0.2) is 40.0 Å². The maximum Gasteiger partial charge on any atom is 0.327 e. The molecule has 2 N–H and O–H groups in total. The van der Waals surface area contributed by atoms with Crippen LogP contribution in [0, 0.1) is 0 Å². The van der Waals surface area contributed by atoms with Gasteiger partial charge in [-0.1, -0.05) is 26.8 Å². The standard InChI is InChI=1S/C14H28N2O3Si/c1-10-8-11(9-15-12(10)13(17)18-5)16-19-20(6,7)14(2,3)4/h8,11-12,15-16H,9H2,1-7H3/t11-,12+/m1/s1. The third-order valence-corrected chi connectivity index (χ3v) is 8.41. The topological polar surface area (TPSA) is 59.6 Å². The number of hydrogen-bond donors (Lipinski definition) is 2. The molecule has 1 aliphatic heterocycles. The summed E-state index contributed by atoms with van der Waals surface area (Å²) >= 11 is 0. The molecule has 1 heterocycles. The van der Waals surface area contributed by atoms with Crippen LogP contribution in [0.2, 0.25) is 18.1 Å². The highest BCUT2D eigenvalue weighted by Gasteiger charge is 2.38. The van der Waals surface area contributed by atoms with Crippen LogP contribution in [0.1, 0.15) is 27.7 Å². The van der Waals surface area contributed by atoms with Gasteiger partial charge in [0.25, 0.3) is 0 Å². The van der Waals surface area contributed by atoms with Crippen LogP contribution in [0.3, 0.4) is 0 Å². The van der Waals surface area contributed by atoms with Crippen molar-refractivity contribution < 1.29 is 14.1 Å². The average molecular weight is 300 g/mol. The predicted octanol–water partition coefficient (Wildman–Crippen LogP) is 1.97. The molecular formula is C14H28N2O3Si. The van der Waals surface area contributed by atoms with E-state index in [-0.39, 0.29) is 23.1 Å². The number of esters is 1. The molecule has 0 saturated heterocycles. The molecule has 0 aromatic heterocycles. The van der Waals surface area contributed by atoms with Crippen molar-refractivity contribution in [3.05, 3.63) is 11.6 Å². The fourth-order valence-corrected chi connectivity index (χ4v) is 2.47. The second kappa shape index (κ2) is 6.38. The molecule has 0 radical (unpaired) electrons. The van der Waals surface area contributed by atoms with E-state index in [4.69, 9.17) is 9.26 Å². The second-order valence-corrected chi connectivity index (χ2v) is 11.6. The molecule has 0 amide bonds. The van der Waals surface area contributed by atoms with Gasteiger partial charge in [-0.3, -0.25) is 10.1 Å². The molecule has 0 aromatic carbocycles. The van der Waals surface area contributed by atoms with Gasteiger partial charge < -0.3 is 9.26 Å². The molecule has 116 valence electrons. The van der Waals surface area contributed by atoms with E-state index in [1.807, 2.05) is 13.0 Å². The zero-order valence-electron chi connectivity index (χ0n) is 13.7. The quantitative estimate of drug-likeness (QED) is 0.360. The van der Waals surface area contributed by atoms with E-state index < -0.39 is 8.32 Å². The molecular weight excluding hydrogens is 272 g/mol. The summed E-state index contributed by atoms with van der Waals surface area (Å²) in [6, 6.07) is -0.268. The monoisotopic (exact) mass is 300 g/mol. The van der Waals surface area contributed by atoms with Crippen LogP contribution in [0.25, 0.3) is 0 Å². The summed E-state index contributed by atoms with van der Waals surface area (Å²) in [5, 5.41) is 3.34. The van der Waals surface area contributed by atoms with Crippen LogP contribution in [-0.2, 0) is 14.1 Å². The Bertz CT molecular complexity index is 388. The highest BCUT2D eigenvalue weighted by atomic mass is 28.4. The fourth-order valence-electron chi connectivity index (χ4n) is 1.72. The summed E-state index contributed by atoms with van der Waals surface area (Å²) in [4.78, 5) is 11.6. The van der Waals surface area contributed by atoms with E-state index in [2.05, 4.69) is 44.7 Å². The van der Waals surface area contributed by atoms with Crippen LogP contribution in [0.5, 0.6) is 0 Å². The zero-order chi connectivity index (χ0) is 15.6. The fraction of sp³-hybridized carbons (Fsp3) is 0.786. The minimum absolute atomic E-state index is 0.0741. The first-order chi connectivity index (χ1) is 9.08. The molecule has 0 bridgehead atoms. The Morgan fingerprint density at radius 3 is 2.50 bits per heavy atom. The molecule has 0 unspecified atom stereocenters. The average Bonchev–Trinajstić information content (AvgIpc) is 2.34. The van der Waals surface area contributed by atoms with Crippen LogP contribution in [0.4, 0.5) is 0 Å². The SMILES string of the molecule is COC(=O)[C@H]1NC[C@H](NO[Si](C)(C)C(C)(C)C)C=C1C. The van der Waals surface area contributed by atoms with Crippen molar-refractivity contribution in [3.8, 4) is 0 Å². The second-order valence-electron chi connectivity index (χ2n) is 6.86. The van der Waals surface area contributed by atoms with E-state index >= 15 is 0 Å². The lowest BCUT2D eigenvalue weighted by Crippen LogP contribution is -2.53. The molecule has 20 heavy (non-hydrogen) atoms. The van der Waals surface area contributed by atoms with Crippen molar-refractivity contribution in [1.29, 1.82) is 0 Å². The third kappa shape index (κ3) is 4.15. The van der Waals surface area contributed by atoms with Crippen LogP contribution < -0.4 is 10.8 Å². The molecule has 1 rings (SSSR count). The number of nitrogens with one attached hydrogen (secondary N) is 2. The Morgan fingerprint density at radius 1 is 1.45 bits per heavy atom. The molecule has 0 fully saturated rings. The van der Waals surface area contributed by atoms with Gasteiger partial charge in [0.1, 0.15) is 6.04 Å². The van der Waals surface area contributed by atoms with Gasteiger partial charge in [0.05, 0.1) is 13.2 Å². The third-order valence-electron chi connectivity index (χ3n) is 4.17. The van der Waals surface area contributed by atoms with Gasteiger partial charge in [-0.15, -0.1) is 0 Å². The van der Waals surface area contributed by atoms with E-state index in [0.717, 1.165) is 5.57 Å². The lowest BCUT2D eigenvalue weighted by atomic mass is 10.0. The summed E-state index contributed by atoms with van der Waals surface area (Å²) in [6.45, 7) is 13.6. The number of hydrogen-bond acceptors (Lipinski definition) is 5. The first-order valence-electron chi connectivity index (χ1n) is 7.01. The van der Waals surface area contributed by atoms with Crippen LogP contribution in [0.15, 0.2) is 11.6 Å². The number of hydroxylamine groups is 1. The number of ether oxygens (including phenoxy) is 1. The van der Waals surface area contributed by atoms with Gasteiger partial charge in [-0.25, -0.2) is 5.48 Å². The van der Waals surface area contributed by atoms with Crippen LogP contribution >= 0.6 is 0 Å². The minimum atomic E-state index is -1.82. The summed E-state index contributed by atoms with van der Waals surface area (Å²) in [5.74, 6) is -0.248. The smallest absolute Gasteiger partial charge is 0.327 e. The molecule has 0 aliphatic carbocycles. The van der Waals surface area contributed by atoms with Crippen molar-refractivity contribution in [2.45, 2.75) is 57.9 Å². The highest BCUT2D eigenvalue weighted by Crippen LogP contribution is 2.35. The van der Waals surface area contributed by atoms with Crippen molar-refractivity contribution in [2.24, 2.45) is 0 Å². The Morgan fingerprint density at radius 2 is 2.05 bits per heavy atom. The summed E-state index contributed by atoms with van der Waals surface area (Å²) in [5.41, 5.74) is 4.10. The largest absolute Gasteiger partial charge is 0.468 e. The van der Waals surface area contributed by atoms with E-state index in [0.29, 0.717) is 6.54 Å². The van der Waals surface area contributed by atoms with Gasteiger partial charge in [-0.2, -0.15) is 0 Å². The van der Waals surface area contributed by atoms with E-state index in [1.165, 1.54) is 7.11 Å². The van der Waals surface area contributed by atoms with Gasteiger partial charge >= 0.3 is 5.97 Å². The van der Waals surface area contributed by atoms with E-state index in [1.54, 1.807) is 0 Å². The maximum absolute atomic E-state index is 11.6. The Hall–Kier alpha value is -0.693. The predicted molar refractivity (Wildman–Crippen MR) is 82.8 cm³/mol. The Balaban J connectivity index is 2.61. The molecule has 0 aromatic rings. The molecule has 5 nitrogen and oxygen atoms in total. The molecule has 0 spiro atoms. The lowest BCUT2D eigenvalue weighted by Gasteiger charge is -2.37. The van der Waals surface area contributed by atoms with E-state index in [9.17, 15) is 4.79 Å². The Labute approximate surface area is 123 Å². The van der Waals surface area contributed by atoms with Crippen molar-refractivity contribution in [2.75, 3.05) is 13.7 Å². The molecule has 0 saturated carbocycles. The normalized spacial score (nSPS) is 24.2. The Kier molecular flexibility index (Phi) is 5.54. The summed E-state index contributed by atoms with van der Waals surface area (Å²) in [6.07, 6.45) is 2.03. The van der Waals surface area contributed by atoms with Gasteiger partial charge in [0.15, 0.2) is 0 Å². The number of carbonyl (C=O) groups excluding carboxylic acids is 1. The first kappa shape index (κ1) is 17.4. The number of carbonyl (C=O) groups is 1. The zero-order valence-corrected chi connectivity index (χ0v) is 14.7. The first-order valence-corrected chi connectivity index (χ1v) is 9.92. The van der Waals surface area contributed by atoms with Gasteiger partial charge in [-0.05, 0) is 30.6 Å². The molecule has 6 heteroatoms. The lowest BCUT2D eigenvalue weighted by molar-refractivity contribution is -0.142. The van der Waals surface area contributed by atoms with Gasteiger partial charge in [0, 0.05) is 6.54 Å². The van der Waals surface area contributed by atoms with Crippen molar-refractivity contribution in [3.63, 3.8) is 0 Å². The number of rotatable bonds is 4. The van der Waals surface area contributed by atoms with Crippen molar-refractivity contribution >= 4 is 14.3 Å². The maximum atomic E-state index is 11.6. The van der Waals surface area contributed by atoms with Gasteiger partial charge in [0.2, 0.25) is 8.32 Å². The molecule has 1 aliphatic rings.